The van der Waals surface area contributed by atoms with Crippen molar-refractivity contribution in [3.63, 3.8) is 0 Å². The highest BCUT2D eigenvalue weighted by atomic mass is 32.1. The third-order valence-corrected chi connectivity index (χ3v) is 4.95. The number of nitrogens with zero attached hydrogens (tertiary/aromatic N) is 2. The van der Waals surface area contributed by atoms with E-state index >= 15 is 0 Å². The monoisotopic (exact) mass is 409 g/mol. The van der Waals surface area contributed by atoms with Crippen LogP contribution in [0.25, 0.3) is 6.08 Å². The largest absolute Gasteiger partial charge is 0.348 e. The quantitative estimate of drug-likeness (QED) is 0.605. The number of hydrogen-bond acceptors (Lipinski definition) is 4. The van der Waals surface area contributed by atoms with E-state index in [4.69, 9.17) is 0 Å². The van der Waals surface area contributed by atoms with E-state index in [0.29, 0.717) is 17.4 Å². The first kappa shape index (κ1) is 20.4. The molecule has 1 aromatic heterocycles. The molecule has 7 heteroatoms. The number of aromatic nitrogens is 1. The van der Waals surface area contributed by atoms with Crippen LogP contribution >= 0.6 is 11.3 Å². The van der Waals surface area contributed by atoms with Crippen LogP contribution in [0.5, 0.6) is 0 Å². The van der Waals surface area contributed by atoms with Gasteiger partial charge in [0.15, 0.2) is 5.13 Å². The SMILES string of the molecule is CC(=O)N(c1nc(/C=C/C(=O)NCc2ccc(C)cc2)cs1)c1ccccc1F. The Bertz CT molecular complexity index is 1040. The molecule has 0 aliphatic rings. The van der Waals surface area contributed by atoms with Gasteiger partial charge in [0.05, 0.1) is 11.4 Å². The van der Waals surface area contributed by atoms with E-state index in [2.05, 4.69) is 10.3 Å². The molecule has 0 bridgehead atoms. The fourth-order valence-electron chi connectivity index (χ4n) is 2.61. The van der Waals surface area contributed by atoms with Gasteiger partial charge in [-0.15, -0.1) is 11.3 Å². The number of carbonyl (C=O) groups is 2. The Kier molecular flexibility index (Phi) is 6.51. The van der Waals surface area contributed by atoms with Crippen LogP contribution in [0, 0.1) is 12.7 Å². The number of carbonyl (C=O) groups excluding carboxylic acids is 2. The molecule has 29 heavy (non-hydrogen) atoms. The Morgan fingerprint density at radius 2 is 1.90 bits per heavy atom. The number of anilines is 2. The van der Waals surface area contributed by atoms with Crippen LogP contribution in [0.15, 0.2) is 60.0 Å². The van der Waals surface area contributed by atoms with Gasteiger partial charge in [-0.2, -0.15) is 0 Å². The van der Waals surface area contributed by atoms with E-state index in [9.17, 15) is 14.0 Å². The van der Waals surface area contributed by atoms with Crippen LogP contribution < -0.4 is 10.2 Å². The van der Waals surface area contributed by atoms with Gasteiger partial charge in [0.2, 0.25) is 11.8 Å². The minimum Gasteiger partial charge on any atom is -0.348 e. The summed E-state index contributed by atoms with van der Waals surface area (Å²) in [6.07, 6.45) is 2.94. The number of aryl methyl sites for hydroxylation is 1. The Balaban J connectivity index is 1.67. The first-order chi connectivity index (χ1) is 13.9. The Morgan fingerprint density at radius 3 is 2.59 bits per heavy atom. The molecule has 0 aliphatic carbocycles. The number of amides is 2. The standard InChI is InChI=1S/C22H20FN3O2S/c1-15-7-9-17(10-8-15)13-24-21(28)12-11-18-14-29-22(25-18)26(16(2)27)20-6-4-3-5-19(20)23/h3-12,14H,13H2,1-2H3,(H,24,28)/b12-11+. The molecule has 0 radical (unpaired) electrons. The topological polar surface area (TPSA) is 62.3 Å². The fourth-order valence-corrected chi connectivity index (χ4v) is 3.46. The molecule has 0 aliphatic heterocycles. The Hall–Kier alpha value is -3.32. The average Bonchev–Trinajstić information content (AvgIpc) is 3.16. The highest BCUT2D eigenvalue weighted by molar-refractivity contribution is 7.14. The number of hydrogen-bond donors (Lipinski definition) is 1. The summed E-state index contributed by atoms with van der Waals surface area (Å²) in [4.78, 5) is 29.6. The zero-order valence-corrected chi connectivity index (χ0v) is 16.9. The van der Waals surface area contributed by atoms with E-state index < -0.39 is 5.82 Å². The van der Waals surface area contributed by atoms with E-state index in [-0.39, 0.29) is 17.5 Å². The number of benzene rings is 2. The van der Waals surface area contributed by atoms with Gasteiger partial charge < -0.3 is 5.32 Å². The van der Waals surface area contributed by atoms with Crippen molar-refractivity contribution >= 4 is 40.0 Å². The lowest BCUT2D eigenvalue weighted by Crippen LogP contribution is -2.23. The second kappa shape index (κ2) is 9.25. The highest BCUT2D eigenvalue weighted by Gasteiger charge is 2.20. The van der Waals surface area contributed by atoms with E-state index in [0.717, 1.165) is 11.1 Å². The maximum Gasteiger partial charge on any atom is 0.244 e. The van der Waals surface area contributed by atoms with E-state index in [1.807, 2.05) is 31.2 Å². The third-order valence-electron chi connectivity index (χ3n) is 4.10. The van der Waals surface area contributed by atoms with Crippen molar-refractivity contribution in [3.8, 4) is 0 Å². The summed E-state index contributed by atoms with van der Waals surface area (Å²) < 4.78 is 14.1. The summed E-state index contributed by atoms with van der Waals surface area (Å²) >= 11 is 1.20. The Morgan fingerprint density at radius 1 is 1.17 bits per heavy atom. The maximum atomic E-state index is 14.1. The second-order valence-electron chi connectivity index (χ2n) is 6.40. The van der Waals surface area contributed by atoms with Crippen LogP contribution in [0.3, 0.4) is 0 Å². The molecular weight excluding hydrogens is 389 g/mol. The van der Waals surface area contributed by atoms with Crippen LogP contribution in [-0.2, 0) is 16.1 Å². The molecule has 0 saturated heterocycles. The van der Waals surface area contributed by atoms with Gasteiger partial charge in [-0.05, 0) is 30.7 Å². The van der Waals surface area contributed by atoms with Gasteiger partial charge in [0.25, 0.3) is 0 Å². The van der Waals surface area contributed by atoms with E-state index in [1.165, 1.54) is 41.4 Å². The first-order valence-electron chi connectivity index (χ1n) is 8.96. The molecule has 0 unspecified atom stereocenters. The highest BCUT2D eigenvalue weighted by Crippen LogP contribution is 2.30. The second-order valence-corrected chi connectivity index (χ2v) is 7.23. The maximum absolute atomic E-state index is 14.1. The van der Waals surface area contributed by atoms with Crippen molar-refractivity contribution in [2.24, 2.45) is 0 Å². The third kappa shape index (κ3) is 5.36. The van der Waals surface area contributed by atoms with Gasteiger partial charge in [-0.25, -0.2) is 9.37 Å². The van der Waals surface area contributed by atoms with E-state index in [1.54, 1.807) is 23.6 Å². The molecule has 0 fully saturated rings. The predicted molar refractivity (Wildman–Crippen MR) is 113 cm³/mol. The van der Waals surface area contributed by atoms with Gasteiger partial charge >= 0.3 is 0 Å². The molecule has 5 nitrogen and oxygen atoms in total. The van der Waals surface area contributed by atoms with Gasteiger partial charge in [0.1, 0.15) is 5.82 Å². The zero-order valence-electron chi connectivity index (χ0n) is 16.1. The van der Waals surface area contributed by atoms with Crippen molar-refractivity contribution in [2.75, 3.05) is 4.90 Å². The summed E-state index contributed by atoms with van der Waals surface area (Å²) in [6, 6.07) is 13.9. The van der Waals surface area contributed by atoms with Crippen LogP contribution in [0.1, 0.15) is 23.7 Å². The molecule has 2 aromatic carbocycles. The number of nitrogens with one attached hydrogen (secondary N) is 1. The van der Waals surface area contributed by atoms with Crippen LogP contribution in [0.2, 0.25) is 0 Å². The zero-order chi connectivity index (χ0) is 20.8. The van der Waals surface area contributed by atoms with Crippen molar-refractivity contribution in [3.05, 3.63) is 82.6 Å². The lowest BCUT2D eigenvalue weighted by Gasteiger charge is -2.18. The minimum atomic E-state index is -0.509. The lowest BCUT2D eigenvalue weighted by molar-refractivity contribution is -0.117. The minimum absolute atomic E-state index is 0.140. The van der Waals surface area contributed by atoms with Crippen molar-refractivity contribution < 1.29 is 14.0 Å². The molecule has 0 saturated carbocycles. The summed E-state index contributed by atoms with van der Waals surface area (Å²) in [5.41, 5.74) is 2.82. The normalized spacial score (nSPS) is 10.9. The fraction of sp³-hybridized carbons (Fsp3) is 0.136. The number of para-hydroxylation sites is 1. The molecule has 148 valence electrons. The summed E-state index contributed by atoms with van der Waals surface area (Å²) in [6.45, 7) is 3.78. The molecule has 0 atom stereocenters. The van der Waals surface area contributed by atoms with Crippen LogP contribution in [0.4, 0.5) is 15.2 Å². The van der Waals surface area contributed by atoms with Crippen molar-refractivity contribution in [1.82, 2.24) is 10.3 Å². The van der Waals surface area contributed by atoms with Gasteiger partial charge in [0, 0.05) is 24.9 Å². The number of halogens is 1. The first-order valence-corrected chi connectivity index (χ1v) is 9.84. The van der Waals surface area contributed by atoms with Crippen molar-refractivity contribution in [2.45, 2.75) is 20.4 Å². The van der Waals surface area contributed by atoms with Crippen molar-refractivity contribution in [1.29, 1.82) is 0 Å². The van der Waals surface area contributed by atoms with Gasteiger partial charge in [-0.3, -0.25) is 14.5 Å². The molecule has 1 N–H and O–H groups in total. The molecular formula is C22H20FN3O2S. The molecule has 0 spiro atoms. The summed E-state index contributed by atoms with van der Waals surface area (Å²) in [7, 11) is 0. The molecule has 3 rings (SSSR count). The molecule has 1 heterocycles. The smallest absolute Gasteiger partial charge is 0.244 e. The average molecular weight is 409 g/mol. The van der Waals surface area contributed by atoms with Crippen LogP contribution in [-0.4, -0.2) is 16.8 Å². The number of thiazole rings is 1. The molecule has 3 aromatic rings. The van der Waals surface area contributed by atoms with Gasteiger partial charge in [-0.1, -0.05) is 42.0 Å². The Labute approximate surface area is 172 Å². The molecule has 2 amide bonds. The summed E-state index contributed by atoms with van der Waals surface area (Å²) in [5.74, 6) is -1.11. The number of rotatable bonds is 6. The predicted octanol–water partition coefficient (Wildman–Crippen LogP) is 4.60. The lowest BCUT2D eigenvalue weighted by atomic mass is 10.1. The summed E-state index contributed by atoms with van der Waals surface area (Å²) in [5, 5.41) is 4.85.